The molecule has 0 amide bonds. The van der Waals surface area contributed by atoms with Crippen molar-refractivity contribution in [3.8, 4) is 0 Å². The maximum atomic E-state index is 11.2. The van der Waals surface area contributed by atoms with Crippen molar-refractivity contribution in [1.29, 1.82) is 0 Å². The van der Waals surface area contributed by atoms with Gasteiger partial charge in [0.2, 0.25) is 5.13 Å². The molecule has 18 heavy (non-hydrogen) atoms. The van der Waals surface area contributed by atoms with Gasteiger partial charge in [-0.15, -0.1) is 15.3 Å². The number of anilines is 1. The third kappa shape index (κ3) is 3.10. The molecule has 2 heterocycles. The topological polar surface area (TPSA) is 88.5 Å². The average Bonchev–Trinajstić information content (AvgIpc) is 2.94. The van der Waals surface area contributed by atoms with E-state index < -0.39 is 0 Å². The van der Waals surface area contributed by atoms with E-state index in [0.29, 0.717) is 10.9 Å². The molecule has 2 rings (SSSR count). The van der Waals surface area contributed by atoms with Gasteiger partial charge in [0.25, 0.3) is 0 Å². The highest BCUT2D eigenvalue weighted by atomic mass is 32.2. The molecule has 0 aliphatic carbocycles. The highest BCUT2D eigenvalue weighted by Gasteiger charge is 2.08. The molecule has 0 atom stereocenters. The van der Waals surface area contributed by atoms with E-state index in [2.05, 4.69) is 32.6 Å². The number of hydrogen-bond donors (Lipinski definition) is 2. The summed E-state index contributed by atoms with van der Waals surface area (Å²) in [6.07, 6.45) is 1.05. The first-order chi connectivity index (χ1) is 8.70. The van der Waals surface area contributed by atoms with Crippen LogP contribution in [0.4, 0.5) is 5.13 Å². The van der Waals surface area contributed by atoms with Crippen molar-refractivity contribution >= 4 is 28.2 Å². The largest absolute Gasteiger partial charge is 0.360 e. The second kappa shape index (κ2) is 6.01. The Bertz CT molecular complexity index is 559. The van der Waals surface area contributed by atoms with Crippen LogP contribution >= 0.6 is 23.1 Å². The summed E-state index contributed by atoms with van der Waals surface area (Å²) in [4.78, 5) is 11.2. The highest BCUT2D eigenvalue weighted by Crippen LogP contribution is 2.23. The molecule has 9 heteroatoms. The monoisotopic (exact) mass is 286 g/mol. The SMILES string of the molecule is CCCNc1nnc(CSc2n[nH]c(=O)n2C)s1. The first kappa shape index (κ1) is 13.1. The van der Waals surface area contributed by atoms with Gasteiger partial charge < -0.3 is 5.32 Å². The van der Waals surface area contributed by atoms with Gasteiger partial charge in [-0.05, 0) is 6.42 Å². The van der Waals surface area contributed by atoms with Crippen molar-refractivity contribution in [1.82, 2.24) is 25.0 Å². The molecule has 98 valence electrons. The molecule has 0 saturated heterocycles. The molecular weight excluding hydrogens is 272 g/mol. The van der Waals surface area contributed by atoms with E-state index >= 15 is 0 Å². The fourth-order valence-electron chi connectivity index (χ4n) is 1.20. The average molecular weight is 286 g/mol. The lowest BCUT2D eigenvalue weighted by Crippen LogP contribution is -2.12. The number of aromatic nitrogens is 5. The fourth-order valence-corrected chi connectivity index (χ4v) is 2.87. The van der Waals surface area contributed by atoms with Gasteiger partial charge in [-0.2, -0.15) is 0 Å². The lowest BCUT2D eigenvalue weighted by molar-refractivity contribution is 0.765. The molecule has 0 fully saturated rings. The summed E-state index contributed by atoms with van der Waals surface area (Å²) in [6, 6.07) is 0. The van der Waals surface area contributed by atoms with E-state index in [4.69, 9.17) is 0 Å². The van der Waals surface area contributed by atoms with Crippen molar-refractivity contribution in [3.63, 3.8) is 0 Å². The minimum atomic E-state index is -0.208. The number of hydrogen-bond acceptors (Lipinski definition) is 7. The van der Waals surface area contributed by atoms with E-state index in [0.717, 1.165) is 23.1 Å². The van der Waals surface area contributed by atoms with Gasteiger partial charge in [-0.1, -0.05) is 30.0 Å². The maximum absolute atomic E-state index is 11.2. The van der Waals surface area contributed by atoms with Crippen molar-refractivity contribution in [2.45, 2.75) is 24.3 Å². The van der Waals surface area contributed by atoms with Gasteiger partial charge in [0.15, 0.2) is 5.16 Å². The van der Waals surface area contributed by atoms with Gasteiger partial charge in [0.1, 0.15) is 5.01 Å². The standard InChI is InChI=1S/C9H14N6OS2/c1-3-4-10-7-12-11-6(18-7)5-17-9-14-13-8(16)15(9)2/h3-5H2,1-2H3,(H,10,12)(H,13,16). The summed E-state index contributed by atoms with van der Waals surface area (Å²) in [7, 11) is 1.68. The Kier molecular flexibility index (Phi) is 4.37. The van der Waals surface area contributed by atoms with E-state index in [-0.39, 0.29) is 5.69 Å². The van der Waals surface area contributed by atoms with Crippen molar-refractivity contribution < 1.29 is 0 Å². The van der Waals surface area contributed by atoms with E-state index in [1.807, 2.05) is 0 Å². The van der Waals surface area contributed by atoms with E-state index in [1.54, 1.807) is 7.05 Å². The summed E-state index contributed by atoms with van der Waals surface area (Å²) in [5.41, 5.74) is -0.208. The Labute approximate surface area is 112 Å². The number of nitrogens with zero attached hydrogens (tertiary/aromatic N) is 4. The molecule has 0 aliphatic rings. The number of thioether (sulfide) groups is 1. The summed E-state index contributed by atoms with van der Waals surface area (Å²) in [5.74, 6) is 0.656. The number of aromatic amines is 1. The summed E-state index contributed by atoms with van der Waals surface area (Å²) >= 11 is 2.98. The molecule has 0 unspecified atom stereocenters. The maximum Gasteiger partial charge on any atom is 0.343 e. The molecule has 0 aliphatic heterocycles. The van der Waals surface area contributed by atoms with Gasteiger partial charge in [0.05, 0.1) is 5.75 Å². The van der Waals surface area contributed by atoms with E-state index in [9.17, 15) is 4.79 Å². The Hall–Kier alpha value is -1.35. The van der Waals surface area contributed by atoms with Crippen molar-refractivity contribution in [2.75, 3.05) is 11.9 Å². The van der Waals surface area contributed by atoms with Crippen LogP contribution < -0.4 is 11.0 Å². The van der Waals surface area contributed by atoms with Crippen LogP contribution in [0.3, 0.4) is 0 Å². The third-order valence-electron chi connectivity index (χ3n) is 2.16. The van der Waals surface area contributed by atoms with Gasteiger partial charge >= 0.3 is 5.69 Å². The van der Waals surface area contributed by atoms with Crippen LogP contribution in [0.2, 0.25) is 0 Å². The quantitative estimate of drug-likeness (QED) is 0.772. The first-order valence-corrected chi connectivity index (χ1v) is 7.31. The molecule has 0 saturated carbocycles. The van der Waals surface area contributed by atoms with E-state index in [1.165, 1.54) is 27.7 Å². The second-order valence-electron chi connectivity index (χ2n) is 3.59. The molecule has 0 bridgehead atoms. The smallest absolute Gasteiger partial charge is 0.343 e. The first-order valence-electron chi connectivity index (χ1n) is 5.51. The van der Waals surface area contributed by atoms with Crippen LogP contribution in [0.25, 0.3) is 0 Å². The molecule has 2 N–H and O–H groups in total. The molecule has 0 radical (unpaired) electrons. The Morgan fingerprint density at radius 1 is 1.50 bits per heavy atom. The molecule has 0 spiro atoms. The number of H-pyrrole nitrogens is 1. The fraction of sp³-hybridized carbons (Fsp3) is 0.556. The predicted molar refractivity (Wildman–Crippen MR) is 72.1 cm³/mol. The lowest BCUT2D eigenvalue weighted by atomic mass is 10.5. The minimum absolute atomic E-state index is 0.208. The van der Waals surface area contributed by atoms with Crippen molar-refractivity contribution in [3.05, 3.63) is 15.5 Å². The van der Waals surface area contributed by atoms with Crippen LogP contribution in [0, 0.1) is 0 Å². The summed E-state index contributed by atoms with van der Waals surface area (Å²) in [5, 5.41) is 20.0. The summed E-state index contributed by atoms with van der Waals surface area (Å²) in [6.45, 7) is 3.00. The normalized spacial score (nSPS) is 10.8. The van der Waals surface area contributed by atoms with Crippen LogP contribution in [0.15, 0.2) is 9.95 Å². The summed E-state index contributed by atoms with van der Waals surface area (Å²) < 4.78 is 1.47. The predicted octanol–water partition coefficient (Wildman–Crippen LogP) is 1.07. The molecule has 0 aromatic carbocycles. The van der Waals surface area contributed by atoms with Crippen LogP contribution in [-0.4, -0.2) is 31.5 Å². The molecule has 2 aromatic heterocycles. The zero-order valence-electron chi connectivity index (χ0n) is 10.1. The van der Waals surface area contributed by atoms with Crippen LogP contribution in [0.5, 0.6) is 0 Å². The third-order valence-corrected chi connectivity index (χ3v) is 4.26. The van der Waals surface area contributed by atoms with Crippen LogP contribution in [-0.2, 0) is 12.8 Å². The Morgan fingerprint density at radius 3 is 3.00 bits per heavy atom. The molecular formula is C9H14N6OS2. The zero-order valence-corrected chi connectivity index (χ0v) is 11.8. The highest BCUT2D eigenvalue weighted by molar-refractivity contribution is 7.98. The lowest BCUT2D eigenvalue weighted by Gasteiger charge is -1.96. The van der Waals surface area contributed by atoms with Crippen LogP contribution in [0.1, 0.15) is 18.4 Å². The van der Waals surface area contributed by atoms with Gasteiger partial charge in [0, 0.05) is 13.6 Å². The Balaban J connectivity index is 1.92. The van der Waals surface area contributed by atoms with Gasteiger partial charge in [-0.3, -0.25) is 4.57 Å². The minimum Gasteiger partial charge on any atom is -0.360 e. The zero-order chi connectivity index (χ0) is 13.0. The molecule has 2 aromatic rings. The number of rotatable bonds is 6. The number of nitrogens with one attached hydrogen (secondary N) is 2. The molecule has 7 nitrogen and oxygen atoms in total. The van der Waals surface area contributed by atoms with Crippen molar-refractivity contribution in [2.24, 2.45) is 7.05 Å². The Morgan fingerprint density at radius 2 is 2.33 bits per heavy atom. The van der Waals surface area contributed by atoms with Gasteiger partial charge in [-0.25, -0.2) is 9.89 Å². The second-order valence-corrected chi connectivity index (χ2v) is 5.59.